The van der Waals surface area contributed by atoms with Gasteiger partial charge in [-0.2, -0.15) is 13.2 Å². The molecule has 0 aromatic carbocycles. The summed E-state index contributed by atoms with van der Waals surface area (Å²) in [6, 6.07) is 2.75. The van der Waals surface area contributed by atoms with Gasteiger partial charge in [0.2, 0.25) is 0 Å². The van der Waals surface area contributed by atoms with E-state index in [-0.39, 0.29) is 0 Å². The lowest BCUT2D eigenvalue weighted by Crippen LogP contribution is -2.37. The average molecular weight is 319 g/mol. The van der Waals surface area contributed by atoms with Crippen LogP contribution in [0.4, 0.5) is 24.5 Å². The van der Waals surface area contributed by atoms with E-state index in [0.717, 1.165) is 5.69 Å². The predicted octanol–water partition coefficient (Wildman–Crippen LogP) is 3.14. The van der Waals surface area contributed by atoms with Gasteiger partial charge in [0.25, 0.3) is 0 Å². The molecule has 5 nitrogen and oxygen atoms in total. The fourth-order valence-corrected chi connectivity index (χ4v) is 2.29. The minimum absolute atomic E-state index is 0.647. The van der Waals surface area contributed by atoms with E-state index in [4.69, 9.17) is 9.90 Å². The van der Waals surface area contributed by atoms with Crippen LogP contribution in [0.5, 0.6) is 0 Å². The third-order valence-electron chi connectivity index (χ3n) is 3.42. The van der Waals surface area contributed by atoms with Crippen molar-refractivity contribution in [2.45, 2.75) is 38.4 Å². The van der Waals surface area contributed by atoms with Crippen molar-refractivity contribution in [3.8, 4) is 0 Å². The van der Waals surface area contributed by atoms with Gasteiger partial charge in [-0.15, -0.1) is 0 Å². The van der Waals surface area contributed by atoms with Gasteiger partial charge < -0.3 is 15.3 Å². The van der Waals surface area contributed by atoms with Crippen LogP contribution in [0.1, 0.15) is 26.2 Å². The van der Waals surface area contributed by atoms with E-state index in [2.05, 4.69) is 28.2 Å². The van der Waals surface area contributed by atoms with Crippen LogP contribution in [0.3, 0.4) is 0 Å². The van der Waals surface area contributed by atoms with Crippen molar-refractivity contribution >= 4 is 17.3 Å². The van der Waals surface area contributed by atoms with E-state index in [0.29, 0.717) is 6.04 Å². The van der Waals surface area contributed by atoms with E-state index < -0.39 is 12.1 Å². The maximum Gasteiger partial charge on any atom is 0.490 e. The molecule has 1 aromatic heterocycles. The van der Waals surface area contributed by atoms with E-state index in [1.165, 1.54) is 31.5 Å². The van der Waals surface area contributed by atoms with E-state index >= 15 is 0 Å². The van der Waals surface area contributed by atoms with Crippen LogP contribution in [0.15, 0.2) is 18.5 Å². The summed E-state index contributed by atoms with van der Waals surface area (Å²) in [4.78, 5) is 15.5. The summed E-state index contributed by atoms with van der Waals surface area (Å²) >= 11 is 0. The van der Waals surface area contributed by atoms with Crippen LogP contribution in [-0.4, -0.2) is 41.9 Å². The van der Waals surface area contributed by atoms with Crippen molar-refractivity contribution in [1.82, 2.24) is 4.98 Å². The third kappa shape index (κ3) is 5.09. The maximum absolute atomic E-state index is 10.6. The zero-order chi connectivity index (χ0) is 16.8. The van der Waals surface area contributed by atoms with Crippen molar-refractivity contribution in [2.75, 3.05) is 23.8 Å². The van der Waals surface area contributed by atoms with Gasteiger partial charge in [0.1, 0.15) is 0 Å². The fraction of sp³-hybridized carbons (Fsp3) is 0.571. The summed E-state index contributed by atoms with van der Waals surface area (Å²) in [7, 11) is 1.95. The number of nitrogens with zero attached hydrogens (tertiary/aromatic N) is 2. The van der Waals surface area contributed by atoms with Gasteiger partial charge in [-0.05, 0) is 32.3 Å². The first-order valence-electron chi connectivity index (χ1n) is 6.96. The number of nitrogens with one attached hydrogen (secondary N) is 1. The first-order chi connectivity index (χ1) is 10.3. The summed E-state index contributed by atoms with van der Waals surface area (Å²) in [6.45, 7) is 3.47. The molecule has 8 heteroatoms. The Bertz CT molecular complexity index is 494. The number of carbonyl (C=O) groups is 1. The number of hydrogen-bond acceptors (Lipinski definition) is 4. The van der Waals surface area contributed by atoms with Crippen LogP contribution in [0.25, 0.3) is 0 Å². The Kier molecular flexibility index (Phi) is 6.45. The molecule has 1 atom stereocenters. The normalized spacial score (nSPS) is 18.2. The van der Waals surface area contributed by atoms with Crippen molar-refractivity contribution in [3.05, 3.63) is 18.5 Å². The zero-order valence-electron chi connectivity index (χ0n) is 12.5. The SMILES string of the molecule is CNc1cnccc1N1CCCCC1C.O=C(O)C(F)(F)F. The Labute approximate surface area is 127 Å². The molecular formula is C14H20F3N3O2. The fourth-order valence-electron chi connectivity index (χ4n) is 2.29. The molecule has 1 aliphatic rings. The average Bonchev–Trinajstić information content (AvgIpc) is 2.47. The van der Waals surface area contributed by atoms with Crippen molar-refractivity contribution < 1.29 is 23.1 Å². The van der Waals surface area contributed by atoms with Crippen molar-refractivity contribution in [1.29, 1.82) is 0 Å². The molecule has 2 rings (SSSR count). The number of carboxylic acid groups (broad SMARTS) is 1. The molecule has 2 heterocycles. The Morgan fingerprint density at radius 1 is 1.45 bits per heavy atom. The molecule has 1 aromatic rings. The summed E-state index contributed by atoms with van der Waals surface area (Å²) in [5, 5.41) is 10.3. The molecule has 22 heavy (non-hydrogen) atoms. The highest BCUT2D eigenvalue weighted by atomic mass is 19.4. The van der Waals surface area contributed by atoms with Gasteiger partial charge in [-0.3, -0.25) is 4.98 Å². The molecule has 1 aliphatic heterocycles. The number of hydrogen-bond donors (Lipinski definition) is 2. The predicted molar refractivity (Wildman–Crippen MR) is 78.1 cm³/mol. The Balaban J connectivity index is 0.000000295. The van der Waals surface area contributed by atoms with Gasteiger partial charge >= 0.3 is 12.1 Å². The number of alkyl halides is 3. The van der Waals surface area contributed by atoms with E-state index in [1.807, 2.05) is 19.4 Å². The van der Waals surface area contributed by atoms with Crippen LogP contribution in [0.2, 0.25) is 0 Å². The molecule has 1 saturated heterocycles. The third-order valence-corrected chi connectivity index (χ3v) is 3.42. The highest BCUT2D eigenvalue weighted by molar-refractivity contribution is 5.73. The van der Waals surface area contributed by atoms with Crippen LogP contribution in [-0.2, 0) is 4.79 Å². The molecule has 0 saturated carbocycles. The van der Waals surface area contributed by atoms with Gasteiger partial charge in [0.15, 0.2) is 0 Å². The second-order valence-corrected chi connectivity index (χ2v) is 4.98. The first kappa shape index (κ1) is 18.1. The second-order valence-electron chi connectivity index (χ2n) is 4.98. The molecule has 0 amide bonds. The topological polar surface area (TPSA) is 65.5 Å². The Morgan fingerprint density at radius 2 is 2.09 bits per heavy atom. The summed E-state index contributed by atoms with van der Waals surface area (Å²) in [5.74, 6) is -2.76. The number of anilines is 2. The summed E-state index contributed by atoms with van der Waals surface area (Å²) < 4.78 is 31.7. The van der Waals surface area contributed by atoms with Crippen molar-refractivity contribution in [3.63, 3.8) is 0 Å². The van der Waals surface area contributed by atoms with Gasteiger partial charge in [0, 0.05) is 25.8 Å². The summed E-state index contributed by atoms with van der Waals surface area (Å²) in [5.41, 5.74) is 2.42. The smallest absolute Gasteiger partial charge is 0.475 e. The quantitative estimate of drug-likeness (QED) is 0.877. The standard InChI is InChI=1S/C12H19N3.C2HF3O2/c1-10-5-3-4-8-15(10)12-6-7-14-9-11(12)13-2;3-2(4,5)1(6)7/h6-7,9-10,13H,3-5,8H2,1-2H3;(H,6,7). The van der Waals surface area contributed by atoms with Crippen LogP contribution >= 0.6 is 0 Å². The minimum atomic E-state index is -5.08. The molecule has 2 N–H and O–H groups in total. The minimum Gasteiger partial charge on any atom is -0.475 e. The molecule has 0 spiro atoms. The second kappa shape index (κ2) is 7.86. The Morgan fingerprint density at radius 3 is 2.59 bits per heavy atom. The number of aromatic nitrogens is 1. The largest absolute Gasteiger partial charge is 0.490 e. The molecule has 1 unspecified atom stereocenters. The number of pyridine rings is 1. The van der Waals surface area contributed by atoms with E-state index in [9.17, 15) is 13.2 Å². The summed E-state index contributed by atoms with van der Waals surface area (Å²) in [6.07, 6.45) is 2.65. The first-order valence-corrected chi connectivity index (χ1v) is 6.96. The lowest BCUT2D eigenvalue weighted by molar-refractivity contribution is -0.192. The Hall–Kier alpha value is -1.99. The number of rotatable bonds is 2. The number of piperidine rings is 1. The molecule has 0 aliphatic carbocycles. The van der Waals surface area contributed by atoms with Crippen LogP contribution in [0, 0.1) is 0 Å². The van der Waals surface area contributed by atoms with Gasteiger partial charge in [0.05, 0.1) is 17.6 Å². The molecule has 1 fully saturated rings. The van der Waals surface area contributed by atoms with Crippen LogP contribution < -0.4 is 10.2 Å². The number of aliphatic carboxylic acids is 1. The lowest BCUT2D eigenvalue weighted by Gasteiger charge is -2.36. The zero-order valence-corrected chi connectivity index (χ0v) is 12.5. The molecule has 0 bridgehead atoms. The van der Waals surface area contributed by atoms with Crippen molar-refractivity contribution in [2.24, 2.45) is 0 Å². The highest BCUT2D eigenvalue weighted by Crippen LogP contribution is 2.29. The molecule has 124 valence electrons. The van der Waals surface area contributed by atoms with Gasteiger partial charge in [-0.25, -0.2) is 4.79 Å². The number of halogens is 3. The van der Waals surface area contributed by atoms with E-state index in [1.54, 1.807) is 0 Å². The number of carboxylic acids is 1. The monoisotopic (exact) mass is 319 g/mol. The van der Waals surface area contributed by atoms with Gasteiger partial charge in [-0.1, -0.05) is 0 Å². The molecular weight excluding hydrogens is 299 g/mol. The maximum atomic E-state index is 10.6. The lowest BCUT2D eigenvalue weighted by atomic mass is 10.0. The molecule has 0 radical (unpaired) electrons. The highest BCUT2D eigenvalue weighted by Gasteiger charge is 2.38.